The maximum absolute atomic E-state index is 13.3. The van der Waals surface area contributed by atoms with Gasteiger partial charge in [-0.1, -0.05) is 0 Å². The van der Waals surface area contributed by atoms with Crippen molar-refractivity contribution < 1.29 is 27.2 Å². The Kier molecular flexibility index (Phi) is 5.25. The minimum Gasteiger partial charge on any atom is -0.339 e. The molecule has 0 atom stereocenters. The number of carbonyl (C=O) groups excluding carboxylic acids is 3. The highest BCUT2D eigenvalue weighted by molar-refractivity contribution is 7.90. The van der Waals surface area contributed by atoms with Gasteiger partial charge in [0.2, 0.25) is 5.91 Å². The van der Waals surface area contributed by atoms with E-state index in [1.54, 1.807) is 4.90 Å². The number of hydrogen-bond donors (Lipinski definition) is 1. The number of hydrogen-bond acceptors (Lipinski definition) is 6. The molecule has 3 heterocycles. The molecule has 2 aliphatic heterocycles. The molecule has 10 nitrogen and oxygen atoms in total. The quantitative estimate of drug-likeness (QED) is 0.648. The number of piperazine rings is 1. The van der Waals surface area contributed by atoms with Gasteiger partial charge in [-0.05, 0) is 24.3 Å². The molecule has 2 aliphatic rings. The van der Waals surface area contributed by atoms with Crippen LogP contribution in [0, 0.1) is 5.82 Å². The molecule has 31 heavy (non-hydrogen) atoms. The standard InChI is InChI=1S/C19H20FN5O5S/c1-12(26)23-6-8-24(9-7-23)19(28)18(27)21-17-15-10-31(29,30)11-16(15)22-25(17)14-4-2-13(20)3-5-14/h2-5H,6-11H2,1H3,(H,21,27). The van der Waals surface area contributed by atoms with Gasteiger partial charge in [-0.25, -0.2) is 17.5 Å². The van der Waals surface area contributed by atoms with Crippen molar-refractivity contribution in [2.75, 3.05) is 31.5 Å². The summed E-state index contributed by atoms with van der Waals surface area (Å²) in [4.78, 5) is 39.7. The number of anilines is 1. The minimum atomic E-state index is -3.40. The summed E-state index contributed by atoms with van der Waals surface area (Å²) in [6, 6.07) is 5.29. The lowest BCUT2D eigenvalue weighted by Gasteiger charge is -2.33. The van der Waals surface area contributed by atoms with Crippen LogP contribution in [0.4, 0.5) is 10.2 Å². The Hall–Kier alpha value is -3.28. The fourth-order valence-corrected chi connectivity index (χ4v) is 5.16. The molecule has 1 fully saturated rings. The number of rotatable bonds is 2. The third kappa shape index (κ3) is 4.15. The molecule has 0 bridgehead atoms. The van der Waals surface area contributed by atoms with Gasteiger partial charge in [-0.3, -0.25) is 14.4 Å². The Morgan fingerprint density at radius 2 is 1.61 bits per heavy atom. The van der Waals surface area contributed by atoms with E-state index in [4.69, 9.17) is 0 Å². The van der Waals surface area contributed by atoms with E-state index < -0.39 is 27.5 Å². The molecule has 12 heteroatoms. The van der Waals surface area contributed by atoms with Crippen molar-refractivity contribution in [1.82, 2.24) is 19.6 Å². The number of benzene rings is 1. The molecule has 1 aromatic heterocycles. The Bertz CT molecular complexity index is 1170. The first kappa shape index (κ1) is 21.0. The highest BCUT2D eigenvalue weighted by atomic mass is 32.2. The van der Waals surface area contributed by atoms with Crippen LogP contribution < -0.4 is 5.32 Å². The number of amides is 3. The summed E-state index contributed by atoms with van der Waals surface area (Å²) >= 11 is 0. The van der Waals surface area contributed by atoms with Crippen molar-refractivity contribution in [1.29, 1.82) is 0 Å². The van der Waals surface area contributed by atoms with Crippen LogP contribution in [0.15, 0.2) is 24.3 Å². The van der Waals surface area contributed by atoms with Gasteiger partial charge in [-0.15, -0.1) is 0 Å². The summed E-state index contributed by atoms with van der Waals surface area (Å²) in [5, 5.41) is 6.78. The van der Waals surface area contributed by atoms with Crippen molar-refractivity contribution in [2.24, 2.45) is 0 Å². The molecule has 1 aromatic carbocycles. The number of sulfone groups is 1. The minimum absolute atomic E-state index is 0.0726. The smallest absolute Gasteiger partial charge is 0.315 e. The van der Waals surface area contributed by atoms with Crippen molar-refractivity contribution in [3.8, 4) is 5.69 Å². The van der Waals surface area contributed by atoms with Gasteiger partial charge in [0.1, 0.15) is 11.6 Å². The van der Waals surface area contributed by atoms with Gasteiger partial charge in [0, 0.05) is 38.7 Å². The zero-order chi connectivity index (χ0) is 22.3. The van der Waals surface area contributed by atoms with Crippen molar-refractivity contribution in [3.05, 3.63) is 41.3 Å². The summed E-state index contributed by atoms with van der Waals surface area (Å²) in [5.74, 6) is -2.81. The SMILES string of the molecule is CC(=O)N1CCN(C(=O)C(=O)Nc2c3c(nn2-c2ccc(F)cc2)CS(=O)(=O)C3)CC1. The second kappa shape index (κ2) is 7.76. The zero-order valence-electron chi connectivity index (χ0n) is 16.7. The topological polar surface area (TPSA) is 122 Å². The van der Waals surface area contributed by atoms with E-state index >= 15 is 0 Å². The first-order valence-electron chi connectivity index (χ1n) is 9.57. The lowest BCUT2D eigenvalue weighted by Crippen LogP contribution is -2.52. The summed E-state index contributed by atoms with van der Waals surface area (Å²) in [6.45, 7) is 2.53. The highest BCUT2D eigenvalue weighted by Gasteiger charge is 2.35. The number of fused-ring (bicyclic) bond motifs is 1. The Morgan fingerprint density at radius 1 is 1.00 bits per heavy atom. The molecular formula is C19H20FN5O5S. The summed E-state index contributed by atoms with van der Waals surface area (Å²) in [7, 11) is -3.40. The molecule has 3 amide bonds. The van der Waals surface area contributed by atoms with Gasteiger partial charge in [-0.2, -0.15) is 5.10 Å². The van der Waals surface area contributed by atoms with Crippen LogP contribution >= 0.6 is 0 Å². The van der Waals surface area contributed by atoms with Gasteiger partial charge in [0.15, 0.2) is 9.84 Å². The molecule has 1 saturated heterocycles. The summed E-state index contributed by atoms with van der Waals surface area (Å²) in [5.41, 5.74) is 1.00. The van der Waals surface area contributed by atoms with E-state index in [0.717, 1.165) is 0 Å². The third-order valence-corrected chi connectivity index (χ3v) is 6.74. The molecule has 0 aliphatic carbocycles. The van der Waals surface area contributed by atoms with Crippen molar-refractivity contribution in [3.63, 3.8) is 0 Å². The molecule has 2 aromatic rings. The maximum atomic E-state index is 13.3. The van der Waals surface area contributed by atoms with E-state index in [0.29, 0.717) is 24.3 Å². The zero-order valence-corrected chi connectivity index (χ0v) is 17.5. The highest BCUT2D eigenvalue weighted by Crippen LogP contribution is 2.33. The predicted octanol–water partition coefficient (Wildman–Crippen LogP) is 0.0690. The average molecular weight is 449 g/mol. The van der Waals surface area contributed by atoms with E-state index in [1.165, 1.54) is 40.8 Å². The fourth-order valence-electron chi connectivity index (χ4n) is 3.67. The van der Waals surface area contributed by atoms with Crippen LogP contribution in [-0.2, 0) is 35.7 Å². The van der Waals surface area contributed by atoms with Crippen LogP contribution in [0.3, 0.4) is 0 Å². The normalized spacial score (nSPS) is 17.4. The van der Waals surface area contributed by atoms with E-state index in [9.17, 15) is 27.2 Å². The number of nitrogens with one attached hydrogen (secondary N) is 1. The largest absolute Gasteiger partial charge is 0.339 e. The van der Waals surface area contributed by atoms with Gasteiger partial charge in [0.05, 0.1) is 22.9 Å². The number of carbonyl (C=O) groups is 3. The van der Waals surface area contributed by atoms with E-state index in [2.05, 4.69) is 10.4 Å². The molecule has 4 rings (SSSR count). The van der Waals surface area contributed by atoms with Gasteiger partial charge in [0.25, 0.3) is 0 Å². The van der Waals surface area contributed by atoms with Crippen molar-refractivity contribution >= 4 is 33.4 Å². The summed E-state index contributed by atoms with van der Waals surface area (Å²) in [6.07, 6.45) is 0. The molecule has 0 saturated carbocycles. The molecule has 164 valence electrons. The van der Waals surface area contributed by atoms with Crippen LogP contribution in [0.5, 0.6) is 0 Å². The van der Waals surface area contributed by atoms with Crippen LogP contribution in [0.2, 0.25) is 0 Å². The molecule has 0 unspecified atom stereocenters. The lowest BCUT2D eigenvalue weighted by molar-refractivity contribution is -0.145. The predicted molar refractivity (Wildman–Crippen MR) is 107 cm³/mol. The second-order valence-electron chi connectivity index (χ2n) is 7.45. The molecule has 0 spiro atoms. The Labute approximate surface area is 177 Å². The number of halogens is 1. The van der Waals surface area contributed by atoms with Gasteiger partial charge >= 0.3 is 11.8 Å². The van der Waals surface area contributed by atoms with E-state index in [-0.39, 0.29) is 42.0 Å². The third-order valence-electron chi connectivity index (χ3n) is 5.30. The van der Waals surface area contributed by atoms with E-state index in [1.807, 2.05) is 0 Å². The Morgan fingerprint density at radius 3 is 2.23 bits per heavy atom. The number of nitrogens with zero attached hydrogens (tertiary/aromatic N) is 4. The first-order valence-corrected chi connectivity index (χ1v) is 11.4. The maximum Gasteiger partial charge on any atom is 0.315 e. The Balaban J connectivity index is 1.59. The molecule has 1 N–H and O–H groups in total. The summed E-state index contributed by atoms with van der Waals surface area (Å²) < 4.78 is 38.7. The van der Waals surface area contributed by atoms with Crippen LogP contribution in [0.1, 0.15) is 18.2 Å². The number of aromatic nitrogens is 2. The van der Waals surface area contributed by atoms with Gasteiger partial charge < -0.3 is 15.1 Å². The second-order valence-corrected chi connectivity index (χ2v) is 9.51. The average Bonchev–Trinajstić information content (AvgIpc) is 3.20. The van der Waals surface area contributed by atoms with Crippen LogP contribution in [0.25, 0.3) is 5.69 Å². The lowest BCUT2D eigenvalue weighted by atomic mass is 10.2. The van der Waals surface area contributed by atoms with Crippen LogP contribution in [-0.4, -0.2) is 71.9 Å². The fraction of sp³-hybridized carbons (Fsp3) is 0.368. The first-order chi connectivity index (χ1) is 14.6. The molecular weight excluding hydrogens is 429 g/mol. The monoisotopic (exact) mass is 449 g/mol. The van der Waals surface area contributed by atoms with Crippen molar-refractivity contribution in [2.45, 2.75) is 18.4 Å². The molecule has 0 radical (unpaired) electrons.